The molecule has 0 aromatic heterocycles. The Balaban J connectivity index is 2.37. The van der Waals surface area contributed by atoms with Crippen molar-refractivity contribution < 1.29 is 23.9 Å². The van der Waals surface area contributed by atoms with E-state index in [1.807, 2.05) is 12.1 Å². The zero-order chi connectivity index (χ0) is 21.7. The number of amides is 2. The third-order valence-corrected chi connectivity index (χ3v) is 4.87. The van der Waals surface area contributed by atoms with Crippen LogP contribution in [0.5, 0.6) is 0 Å². The van der Waals surface area contributed by atoms with Crippen LogP contribution in [0, 0.1) is 5.41 Å². The van der Waals surface area contributed by atoms with Gasteiger partial charge in [-0.1, -0.05) is 24.3 Å². The molecule has 6 heteroatoms. The van der Waals surface area contributed by atoms with Crippen molar-refractivity contribution in [3.05, 3.63) is 42.5 Å². The molecule has 0 saturated carbocycles. The number of carbonyl (C=O) groups excluding carboxylic acids is 3. The summed E-state index contributed by atoms with van der Waals surface area (Å²) in [5, 5.41) is 0. The highest BCUT2D eigenvalue weighted by Gasteiger charge is 2.48. The van der Waals surface area contributed by atoms with Crippen LogP contribution in [0.4, 0.5) is 10.5 Å². The van der Waals surface area contributed by atoms with Crippen LogP contribution in [0.3, 0.4) is 0 Å². The Morgan fingerprint density at radius 3 is 2.59 bits per heavy atom. The number of hydrogen-bond donors (Lipinski definition) is 0. The van der Waals surface area contributed by atoms with Crippen LogP contribution in [0.25, 0.3) is 0 Å². The fourth-order valence-electron chi connectivity index (χ4n) is 3.69. The SMILES string of the molecule is C=CC[C@@]1(CCCC(=O)OCC)Cc2ccccc2N(C(=O)OC(C)(C)C)C1=O. The Morgan fingerprint density at radius 2 is 1.97 bits per heavy atom. The molecule has 0 fully saturated rings. The van der Waals surface area contributed by atoms with E-state index < -0.39 is 17.1 Å². The normalized spacial score (nSPS) is 18.8. The quantitative estimate of drug-likeness (QED) is 0.484. The summed E-state index contributed by atoms with van der Waals surface area (Å²) in [4.78, 5) is 39.4. The van der Waals surface area contributed by atoms with Gasteiger partial charge in [0.05, 0.1) is 17.7 Å². The number of hydrogen-bond acceptors (Lipinski definition) is 5. The van der Waals surface area contributed by atoms with Crippen molar-refractivity contribution in [2.75, 3.05) is 11.5 Å². The van der Waals surface area contributed by atoms with Crippen LogP contribution in [0.2, 0.25) is 0 Å². The fourth-order valence-corrected chi connectivity index (χ4v) is 3.69. The molecule has 29 heavy (non-hydrogen) atoms. The first kappa shape index (κ1) is 22.7. The molecule has 6 nitrogen and oxygen atoms in total. The van der Waals surface area contributed by atoms with Gasteiger partial charge in [-0.25, -0.2) is 9.69 Å². The molecule has 2 amide bonds. The summed E-state index contributed by atoms with van der Waals surface area (Å²) in [6.07, 6.45) is 3.07. The minimum atomic E-state index is -0.848. The van der Waals surface area contributed by atoms with Crippen molar-refractivity contribution in [1.29, 1.82) is 0 Å². The maximum atomic E-state index is 13.6. The van der Waals surface area contributed by atoms with Gasteiger partial charge >= 0.3 is 12.1 Å². The number of allylic oxidation sites excluding steroid dienone is 1. The lowest BCUT2D eigenvalue weighted by Gasteiger charge is -2.41. The number of ether oxygens (including phenoxy) is 2. The number of fused-ring (bicyclic) bond motifs is 1. The summed E-state index contributed by atoms with van der Waals surface area (Å²) in [6.45, 7) is 11.2. The summed E-state index contributed by atoms with van der Waals surface area (Å²) < 4.78 is 10.5. The lowest BCUT2D eigenvalue weighted by atomic mass is 9.71. The minimum Gasteiger partial charge on any atom is -0.466 e. The molecule has 0 spiro atoms. The largest absolute Gasteiger partial charge is 0.466 e. The average Bonchev–Trinajstić information content (AvgIpc) is 2.61. The number of rotatable bonds is 7. The lowest BCUT2D eigenvalue weighted by Crippen LogP contribution is -2.53. The van der Waals surface area contributed by atoms with Crippen LogP contribution >= 0.6 is 0 Å². The second-order valence-corrected chi connectivity index (χ2v) is 8.36. The van der Waals surface area contributed by atoms with E-state index in [0.717, 1.165) is 10.5 Å². The average molecular weight is 402 g/mol. The van der Waals surface area contributed by atoms with Crippen molar-refractivity contribution in [3.8, 4) is 0 Å². The predicted molar refractivity (Wildman–Crippen MR) is 112 cm³/mol. The van der Waals surface area contributed by atoms with Crippen molar-refractivity contribution >= 4 is 23.7 Å². The number of carbonyl (C=O) groups is 3. The summed E-state index contributed by atoms with van der Waals surface area (Å²) in [6, 6.07) is 7.36. The lowest BCUT2D eigenvalue weighted by molar-refractivity contribution is -0.143. The Bertz CT molecular complexity index is 780. The molecule has 2 rings (SSSR count). The molecule has 158 valence electrons. The number of esters is 1. The van der Waals surface area contributed by atoms with E-state index in [0.29, 0.717) is 38.0 Å². The van der Waals surface area contributed by atoms with Gasteiger partial charge in [0.15, 0.2) is 0 Å². The molecule has 0 N–H and O–H groups in total. The van der Waals surface area contributed by atoms with Crippen molar-refractivity contribution in [3.63, 3.8) is 0 Å². The minimum absolute atomic E-state index is 0.230. The zero-order valence-corrected chi connectivity index (χ0v) is 17.8. The van der Waals surface area contributed by atoms with E-state index in [1.165, 1.54) is 0 Å². The van der Waals surface area contributed by atoms with Gasteiger partial charge in [-0.15, -0.1) is 6.58 Å². The summed E-state index contributed by atoms with van der Waals surface area (Å²) >= 11 is 0. The van der Waals surface area contributed by atoms with E-state index in [1.54, 1.807) is 45.9 Å². The van der Waals surface area contributed by atoms with Gasteiger partial charge in [0.2, 0.25) is 5.91 Å². The summed E-state index contributed by atoms with van der Waals surface area (Å²) in [5.41, 5.74) is -0.123. The van der Waals surface area contributed by atoms with Crippen LogP contribution in [-0.2, 0) is 25.5 Å². The van der Waals surface area contributed by atoms with Gasteiger partial charge in [0.25, 0.3) is 0 Å². The molecule has 0 unspecified atom stereocenters. The predicted octanol–water partition coefficient (Wildman–Crippen LogP) is 4.81. The van der Waals surface area contributed by atoms with E-state index in [2.05, 4.69) is 6.58 Å². The fraction of sp³-hybridized carbons (Fsp3) is 0.522. The zero-order valence-electron chi connectivity index (χ0n) is 17.8. The van der Waals surface area contributed by atoms with Gasteiger partial charge in [0.1, 0.15) is 5.60 Å². The number of para-hydroxylation sites is 1. The molecular weight excluding hydrogens is 370 g/mol. The molecular formula is C23H31NO5. The van der Waals surface area contributed by atoms with Gasteiger partial charge in [-0.2, -0.15) is 0 Å². The molecule has 1 aromatic carbocycles. The highest BCUT2D eigenvalue weighted by molar-refractivity contribution is 6.16. The van der Waals surface area contributed by atoms with Crippen LogP contribution < -0.4 is 4.90 Å². The molecule has 1 aromatic rings. The first-order chi connectivity index (χ1) is 13.6. The molecule has 1 heterocycles. The molecule has 1 aliphatic heterocycles. The second kappa shape index (κ2) is 9.25. The van der Waals surface area contributed by atoms with Crippen molar-refractivity contribution in [1.82, 2.24) is 0 Å². The number of anilines is 1. The highest BCUT2D eigenvalue weighted by atomic mass is 16.6. The number of benzene rings is 1. The first-order valence-corrected chi connectivity index (χ1v) is 10.1. The van der Waals surface area contributed by atoms with Crippen molar-refractivity contribution in [2.24, 2.45) is 5.41 Å². The summed E-state index contributed by atoms with van der Waals surface area (Å²) in [7, 11) is 0. The van der Waals surface area contributed by atoms with Crippen molar-refractivity contribution in [2.45, 2.75) is 65.4 Å². The second-order valence-electron chi connectivity index (χ2n) is 8.36. The standard InChI is InChI=1S/C23H31NO5/c1-6-14-23(15-10-13-19(25)28-7-2)16-17-11-8-9-12-18(17)24(20(23)26)21(27)29-22(3,4)5/h6,8-9,11-12H,1,7,10,13-16H2,2-5H3/t23-/m1/s1. The maximum Gasteiger partial charge on any atom is 0.421 e. The van der Waals surface area contributed by atoms with Crippen LogP contribution in [-0.4, -0.2) is 30.2 Å². The smallest absolute Gasteiger partial charge is 0.421 e. The Kier molecular flexibility index (Phi) is 7.22. The van der Waals surface area contributed by atoms with Crippen LogP contribution in [0.1, 0.15) is 58.9 Å². The first-order valence-electron chi connectivity index (χ1n) is 10.1. The third-order valence-electron chi connectivity index (χ3n) is 4.87. The van der Waals surface area contributed by atoms with E-state index in [-0.39, 0.29) is 18.3 Å². The van der Waals surface area contributed by atoms with Gasteiger partial charge in [-0.05, 0) is 65.0 Å². The molecule has 0 radical (unpaired) electrons. The monoisotopic (exact) mass is 401 g/mol. The van der Waals surface area contributed by atoms with Crippen LogP contribution in [0.15, 0.2) is 36.9 Å². The maximum absolute atomic E-state index is 13.6. The molecule has 1 aliphatic rings. The highest BCUT2D eigenvalue weighted by Crippen LogP contribution is 2.44. The summed E-state index contributed by atoms with van der Waals surface area (Å²) in [5.74, 6) is -0.594. The topological polar surface area (TPSA) is 72.9 Å². The molecule has 0 bridgehead atoms. The van der Waals surface area contributed by atoms with E-state index >= 15 is 0 Å². The van der Waals surface area contributed by atoms with E-state index in [4.69, 9.17) is 9.47 Å². The van der Waals surface area contributed by atoms with E-state index in [9.17, 15) is 14.4 Å². The number of nitrogens with zero attached hydrogens (tertiary/aromatic N) is 1. The van der Waals surface area contributed by atoms with Gasteiger partial charge in [-0.3, -0.25) is 9.59 Å². The molecule has 0 saturated heterocycles. The number of imide groups is 1. The van der Waals surface area contributed by atoms with Gasteiger partial charge in [0, 0.05) is 6.42 Å². The third kappa shape index (κ3) is 5.46. The Morgan fingerprint density at radius 1 is 1.28 bits per heavy atom. The molecule has 1 atom stereocenters. The van der Waals surface area contributed by atoms with Gasteiger partial charge < -0.3 is 9.47 Å². The molecule has 0 aliphatic carbocycles. The Labute approximate surface area is 172 Å². The Hall–Kier alpha value is -2.63.